The highest BCUT2D eigenvalue weighted by Gasteiger charge is 2.23. The maximum absolute atomic E-state index is 13.4. The number of nitrogens with one attached hydrogen (secondary N) is 1. The summed E-state index contributed by atoms with van der Waals surface area (Å²) in [6.45, 7) is 1.81. The van der Waals surface area contributed by atoms with Crippen LogP contribution in [0.1, 0.15) is 21.7 Å². The van der Waals surface area contributed by atoms with Crippen LogP contribution in [0.25, 0.3) is 5.69 Å². The van der Waals surface area contributed by atoms with Crippen molar-refractivity contribution in [3.8, 4) is 5.69 Å². The first-order valence-corrected chi connectivity index (χ1v) is 10.2. The van der Waals surface area contributed by atoms with Gasteiger partial charge in [0.05, 0.1) is 5.69 Å². The van der Waals surface area contributed by atoms with Crippen molar-refractivity contribution in [1.29, 1.82) is 0 Å². The first-order chi connectivity index (χ1) is 14.4. The lowest BCUT2D eigenvalue weighted by molar-refractivity contribution is 0.103. The van der Waals surface area contributed by atoms with Gasteiger partial charge >= 0.3 is 0 Å². The van der Waals surface area contributed by atoms with Crippen LogP contribution in [-0.2, 0) is 0 Å². The van der Waals surface area contributed by atoms with Crippen LogP contribution >= 0.6 is 34.8 Å². The van der Waals surface area contributed by atoms with Crippen LogP contribution in [0.4, 0.5) is 11.6 Å². The highest BCUT2D eigenvalue weighted by atomic mass is 35.5. The van der Waals surface area contributed by atoms with Crippen LogP contribution < -0.4 is 5.32 Å². The molecule has 30 heavy (non-hydrogen) atoms. The lowest BCUT2D eigenvalue weighted by Gasteiger charge is -2.13. The number of benzene rings is 3. The number of aryl methyl sites for hydroxylation is 1. The Kier molecular flexibility index (Phi) is 5.82. The second-order valence-corrected chi connectivity index (χ2v) is 7.96. The molecule has 0 aliphatic heterocycles. The van der Waals surface area contributed by atoms with Gasteiger partial charge in [-0.25, -0.2) is 4.98 Å². The molecule has 1 N–H and O–H groups in total. The molecule has 4 rings (SSSR count). The zero-order valence-corrected chi connectivity index (χ0v) is 18.1. The van der Waals surface area contributed by atoms with E-state index >= 15 is 0 Å². The average molecular weight is 457 g/mol. The number of anilines is 2. The second kappa shape index (κ2) is 8.52. The summed E-state index contributed by atoms with van der Waals surface area (Å²) in [5, 5.41) is 5.09. The summed E-state index contributed by atoms with van der Waals surface area (Å²) in [6.07, 6.45) is 0. The third-order valence-corrected chi connectivity index (χ3v) is 5.31. The topological polar surface area (TPSA) is 46.9 Å². The number of aromatic nitrogens is 2. The van der Waals surface area contributed by atoms with Gasteiger partial charge in [0.15, 0.2) is 0 Å². The standard InChI is InChI=1S/C23H16Cl3N3O/c1-14-21(22(30)15-2-4-16(24)5-3-15)29(20-12-8-18(26)9-13-20)23(27-14)28-19-10-6-17(25)7-11-19/h2-13H,1H3,(H,27,28). The van der Waals surface area contributed by atoms with Crippen LogP contribution in [-0.4, -0.2) is 15.3 Å². The van der Waals surface area contributed by atoms with Crippen LogP contribution in [0.5, 0.6) is 0 Å². The highest BCUT2D eigenvalue weighted by molar-refractivity contribution is 6.31. The van der Waals surface area contributed by atoms with E-state index in [0.717, 1.165) is 11.4 Å². The molecule has 0 atom stereocenters. The monoisotopic (exact) mass is 455 g/mol. The summed E-state index contributed by atoms with van der Waals surface area (Å²) in [4.78, 5) is 18.0. The van der Waals surface area contributed by atoms with Gasteiger partial charge in [0, 0.05) is 32.0 Å². The fourth-order valence-corrected chi connectivity index (χ4v) is 3.50. The minimum atomic E-state index is -0.157. The Balaban J connectivity index is 1.85. The zero-order valence-electron chi connectivity index (χ0n) is 15.9. The smallest absolute Gasteiger partial charge is 0.212 e. The Morgan fingerprint density at radius 3 is 1.87 bits per heavy atom. The molecule has 0 saturated carbocycles. The Morgan fingerprint density at radius 1 is 0.800 bits per heavy atom. The average Bonchev–Trinajstić information content (AvgIpc) is 3.06. The van der Waals surface area contributed by atoms with E-state index in [0.29, 0.717) is 38.0 Å². The second-order valence-electron chi connectivity index (χ2n) is 6.65. The number of carbonyl (C=O) groups excluding carboxylic acids is 1. The highest BCUT2D eigenvalue weighted by Crippen LogP contribution is 2.28. The molecule has 0 fully saturated rings. The van der Waals surface area contributed by atoms with E-state index < -0.39 is 0 Å². The van der Waals surface area contributed by atoms with Gasteiger partial charge in [-0.3, -0.25) is 9.36 Å². The van der Waals surface area contributed by atoms with E-state index in [1.54, 1.807) is 53.1 Å². The van der Waals surface area contributed by atoms with Crippen molar-refractivity contribution in [3.63, 3.8) is 0 Å². The van der Waals surface area contributed by atoms with Crippen molar-refractivity contribution in [1.82, 2.24) is 9.55 Å². The molecule has 7 heteroatoms. The molecule has 0 bridgehead atoms. The van der Waals surface area contributed by atoms with Gasteiger partial charge in [0.25, 0.3) is 0 Å². The summed E-state index contributed by atoms with van der Waals surface area (Å²) in [7, 11) is 0. The van der Waals surface area contributed by atoms with E-state index in [2.05, 4.69) is 10.3 Å². The molecule has 0 saturated heterocycles. The Labute approximate surface area is 189 Å². The van der Waals surface area contributed by atoms with Crippen molar-refractivity contribution in [2.24, 2.45) is 0 Å². The first kappa shape index (κ1) is 20.5. The number of ketones is 1. The number of imidazole rings is 1. The minimum Gasteiger partial charge on any atom is -0.325 e. The summed E-state index contributed by atoms with van der Waals surface area (Å²) in [6, 6.07) is 21.3. The molecule has 0 spiro atoms. The van der Waals surface area contributed by atoms with Crippen LogP contribution in [0.15, 0.2) is 72.8 Å². The van der Waals surface area contributed by atoms with Crippen molar-refractivity contribution in [3.05, 3.63) is 105 Å². The molecule has 3 aromatic carbocycles. The molecule has 0 aliphatic rings. The van der Waals surface area contributed by atoms with E-state index in [9.17, 15) is 4.79 Å². The molecule has 4 nitrogen and oxygen atoms in total. The van der Waals surface area contributed by atoms with Crippen molar-refractivity contribution < 1.29 is 4.79 Å². The SMILES string of the molecule is Cc1nc(Nc2ccc(Cl)cc2)n(-c2ccc(Cl)cc2)c1C(=O)c1ccc(Cl)cc1. The summed E-state index contributed by atoms with van der Waals surface area (Å²) >= 11 is 18.0. The van der Waals surface area contributed by atoms with Gasteiger partial charge in [0.2, 0.25) is 11.7 Å². The van der Waals surface area contributed by atoms with Gasteiger partial charge in [-0.1, -0.05) is 34.8 Å². The van der Waals surface area contributed by atoms with Gasteiger partial charge in [-0.2, -0.15) is 0 Å². The van der Waals surface area contributed by atoms with E-state index in [-0.39, 0.29) is 5.78 Å². The van der Waals surface area contributed by atoms with Crippen LogP contribution in [0.3, 0.4) is 0 Å². The van der Waals surface area contributed by atoms with Crippen molar-refractivity contribution in [2.45, 2.75) is 6.92 Å². The minimum absolute atomic E-state index is 0.157. The molecular formula is C23H16Cl3N3O. The fraction of sp³-hybridized carbons (Fsp3) is 0.0435. The maximum Gasteiger partial charge on any atom is 0.212 e. The maximum atomic E-state index is 13.4. The van der Waals surface area contributed by atoms with E-state index in [1.807, 2.05) is 31.2 Å². The number of rotatable bonds is 5. The Morgan fingerprint density at radius 2 is 1.30 bits per heavy atom. The first-order valence-electron chi connectivity index (χ1n) is 9.10. The molecule has 0 radical (unpaired) electrons. The summed E-state index contributed by atoms with van der Waals surface area (Å²) in [5.41, 5.74) is 3.13. The van der Waals surface area contributed by atoms with Gasteiger partial charge in [-0.05, 0) is 79.7 Å². The van der Waals surface area contributed by atoms with Crippen LogP contribution in [0, 0.1) is 6.92 Å². The zero-order chi connectivity index (χ0) is 21.3. The number of nitrogens with zero attached hydrogens (tertiary/aromatic N) is 2. The quantitative estimate of drug-likeness (QED) is 0.325. The van der Waals surface area contributed by atoms with Crippen LogP contribution in [0.2, 0.25) is 15.1 Å². The van der Waals surface area contributed by atoms with Gasteiger partial charge < -0.3 is 5.32 Å². The molecule has 150 valence electrons. The number of halogens is 3. The molecule has 0 unspecified atom stereocenters. The van der Waals surface area contributed by atoms with Crippen molar-refractivity contribution in [2.75, 3.05) is 5.32 Å². The lowest BCUT2D eigenvalue weighted by Crippen LogP contribution is -2.12. The third kappa shape index (κ3) is 4.21. The van der Waals surface area contributed by atoms with E-state index in [4.69, 9.17) is 34.8 Å². The molecule has 0 amide bonds. The normalized spacial score (nSPS) is 10.8. The largest absolute Gasteiger partial charge is 0.325 e. The lowest BCUT2D eigenvalue weighted by atomic mass is 10.1. The molecule has 4 aromatic rings. The predicted molar refractivity (Wildman–Crippen MR) is 123 cm³/mol. The number of carbonyl (C=O) groups is 1. The van der Waals surface area contributed by atoms with Gasteiger partial charge in [-0.15, -0.1) is 0 Å². The molecular weight excluding hydrogens is 441 g/mol. The third-order valence-electron chi connectivity index (χ3n) is 4.56. The Bertz CT molecular complexity index is 1200. The number of hydrogen-bond donors (Lipinski definition) is 1. The summed E-state index contributed by atoms with van der Waals surface area (Å²) < 4.78 is 1.79. The summed E-state index contributed by atoms with van der Waals surface area (Å²) in [5.74, 6) is 0.352. The predicted octanol–water partition coefficient (Wildman–Crippen LogP) is 7.12. The van der Waals surface area contributed by atoms with Crippen molar-refractivity contribution >= 4 is 52.2 Å². The molecule has 1 heterocycles. The Hall–Kier alpha value is -2.79. The number of hydrogen-bond acceptors (Lipinski definition) is 3. The van der Waals surface area contributed by atoms with E-state index in [1.165, 1.54) is 0 Å². The van der Waals surface area contributed by atoms with Gasteiger partial charge in [0.1, 0.15) is 5.69 Å². The fourth-order valence-electron chi connectivity index (χ4n) is 3.12. The molecule has 1 aromatic heterocycles. The molecule has 0 aliphatic carbocycles.